The predicted molar refractivity (Wildman–Crippen MR) is 92.7 cm³/mol. The first kappa shape index (κ1) is 18.8. The standard InChI is InChI=1S/C19H26O4S/c1-12(2)14-9-8-13(3)10-16(14)23-18(20)11-24-17-7-5-4-6-15(17)19(21)22/h4-7,12-14,16H,8-11H2,1-3H3,(H,21,22)/p-1/t13-,14+,16-/m1/s1. The molecule has 5 heteroatoms. The minimum absolute atomic E-state index is 0.0294. The molecule has 0 amide bonds. The second kappa shape index (κ2) is 8.56. The Morgan fingerprint density at radius 2 is 2.00 bits per heavy atom. The molecule has 0 aliphatic heterocycles. The Morgan fingerprint density at radius 1 is 1.29 bits per heavy atom. The van der Waals surface area contributed by atoms with Crippen LogP contribution in [0.25, 0.3) is 0 Å². The Balaban J connectivity index is 1.94. The van der Waals surface area contributed by atoms with Gasteiger partial charge in [-0.1, -0.05) is 45.4 Å². The van der Waals surface area contributed by atoms with E-state index in [0.717, 1.165) is 12.8 Å². The van der Waals surface area contributed by atoms with Crippen molar-refractivity contribution in [2.45, 2.75) is 51.0 Å². The van der Waals surface area contributed by atoms with E-state index in [2.05, 4.69) is 20.8 Å². The molecular weight excluding hydrogens is 324 g/mol. The first-order valence-corrected chi connectivity index (χ1v) is 9.49. The number of thioether (sulfide) groups is 1. The third-order valence-electron chi connectivity index (χ3n) is 4.70. The summed E-state index contributed by atoms with van der Waals surface area (Å²) >= 11 is 1.19. The van der Waals surface area contributed by atoms with E-state index in [1.54, 1.807) is 18.2 Å². The quantitative estimate of drug-likeness (QED) is 0.583. The number of carboxylic acid groups (broad SMARTS) is 1. The number of hydrogen-bond donors (Lipinski definition) is 0. The van der Waals surface area contributed by atoms with Gasteiger partial charge in [-0.3, -0.25) is 4.79 Å². The van der Waals surface area contributed by atoms with Crippen LogP contribution in [0.4, 0.5) is 0 Å². The largest absolute Gasteiger partial charge is 0.545 e. The summed E-state index contributed by atoms with van der Waals surface area (Å²) in [5, 5.41) is 11.1. The number of rotatable bonds is 6. The Hall–Kier alpha value is -1.49. The number of carbonyl (C=O) groups is 2. The molecule has 0 bridgehead atoms. The molecule has 1 aliphatic rings. The van der Waals surface area contributed by atoms with Crippen LogP contribution in [0.5, 0.6) is 0 Å². The number of ether oxygens (including phenoxy) is 1. The number of carboxylic acids is 1. The fourth-order valence-corrected chi connectivity index (χ4v) is 4.17. The van der Waals surface area contributed by atoms with Crippen LogP contribution >= 0.6 is 11.8 Å². The fourth-order valence-electron chi connectivity index (χ4n) is 3.35. The highest BCUT2D eigenvalue weighted by atomic mass is 32.2. The van der Waals surface area contributed by atoms with Gasteiger partial charge in [0.1, 0.15) is 6.10 Å². The third kappa shape index (κ3) is 5.00. The van der Waals surface area contributed by atoms with Gasteiger partial charge in [-0.05, 0) is 36.7 Å². The molecule has 4 nitrogen and oxygen atoms in total. The minimum atomic E-state index is -1.23. The number of aromatic carboxylic acids is 1. The van der Waals surface area contributed by atoms with Crippen LogP contribution in [0.3, 0.4) is 0 Å². The van der Waals surface area contributed by atoms with E-state index in [4.69, 9.17) is 4.74 Å². The molecule has 132 valence electrons. The molecule has 1 aromatic rings. The summed E-state index contributed by atoms with van der Waals surface area (Å²) in [6.45, 7) is 6.54. The average Bonchev–Trinajstić information content (AvgIpc) is 2.53. The third-order valence-corrected chi connectivity index (χ3v) is 5.74. The van der Waals surface area contributed by atoms with Gasteiger partial charge < -0.3 is 14.6 Å². The topological polar surface area (TPSA) is 66.4 Å². The van der Waals surface area contributed by atoms with Crippen molar-refractivity contribution in [2.75, 3.05) is 5.75 Å². The van der Waals surface area contributed by atoms with Crippen molar-refractivity contribution in [1.82, 2.24) is 0 Å². The van der Waals surface area contributed by atoms with Crippen LogP contribution < -0.4 is 5.11 Å². The van der Waals surface area contributed by atoms with Crippen LogP contribution in [0.15, 0.2) is 29.2 Å². The van der Waals surface area contributed by atoms with Gasteiger partial charge in [0, 0.05) is 10.5 Å². The van der Waals surface area contributed by atoms with Gasteiger partial charge in [0.15, 0.2) is 0 Å². The van der Waals surface area contributed by atoms with Gasteiger partial charge in [-0.25, -0.2) is 0 Å². The Morgan fingerprint density at radius 3 is 2.67 bits per heavy atom. The van der Waals surface area contributed by atoms with E-state index in [1.165, 1.54) is 24.2 Å². The summed E-state index contributed by atoms with van der Waals surface area (Å²) in [6.07, 6.45) is 3.16. The van der Waals surface area contributed by atoms with Gasteiger partial charge in [0.05, 0.1) is 11.7 Å². The highest BCUT2D eigenvalue weighted by molar-refractivity contribution is 8.00. The van der Waals surface area contributed by atoms with Gasteiger partial charge in [0.2, 0.25) is 0 Å². The molecular formula is C19H25O4S-. The first-order valence-electron chi connectivity index (χ1n) is 8.51. The molecule has 0 radical (unpaired) electrons. The molecule has 0 unspecified atom stereocenters. The molecule has 1 aliphatic carbocycles. The lowest BCUT2D eigenvalue weighted by Gasteiger charge is -2.36. The highest BCUT2D eigenvalue weighted by Crippen LogP contribution is 2.35. The van der Waals surface area contributed by atoms with Crippen molar-refractivity contribution < 1.29 is 19.4 Å². The molecule has 1 fully saturated rings. The number of esters is 1. The number of hydrogen-bond acceptors (Lipinski definition) is 5. The molecule has 0 spiro atoms. The van der Waals surface area contributed by atoms with Crippen LogP contribution in [0, 0.1) is 17.8 Å². The average molecular weight is 349 g/mol. The fraction of sp³-hybridized carbons (Fsp3) is 0.579. The molecule has 0 aromatic heterocycles. The number of benzene rings is 1. The summed E-state index contributed by atoms with van der Waals surface area (Å²) in [4.78, 5) is 23.9. The van der Waals surface area contributed by atoms with E-state index in [1.807, 2.05) is 0 Å². The van der Waals surface area contributed by atoms with Gasteiger partial charge >= 0.3 is 5.97 Å². The number of carbonyl (C=O) groups excluding carboxylic acids is 2. The Kier molecular flexibility index (Phi) is 6.72. The lowest BCUT2D eigenvalue weighted by atomic mass is 9.75. The van der Waals surface area contributed by atoms with Gasteiger partial charge in [0.25, 0.3) is 0 Å². The van der Waals surface area contributed by atoms with Crippen molar-refractivity contribution in [2.24, 2.45) is 17.8 Å². The molecule has 2 rings (SSSR count). The smallest absolute Gasteiger partial charge is 0.316 e. The van der Waals surface area contributed by atoms with E-state index < -0.39 is 5.97 Å². The van der Waals surface area contributed by atoms with Crippen molar-refractivity contribution in [3.63, 3.8) is 0 Å². The van der Waals surface area contributed by atoms with E-state index in [0.29, 0.717) is 22.6 Å². The van der Waals surface area contributed by atoms with Gasteiger partial charge in [-0.2, -0.15) is 0 Å². The van der Waals surface area contributed by atoms with Crippen LogP contribution in [-0.4, -0.2) is 23.8 Å². The lowest BCUT2D eigenvalue weighted by molar-refractivity contribution is -0.255. The van der Waals surface area contributed by atoms with E-state index >= 15 is 0 Å². The monoisotopic (exact) mass is 349 g/mol. The van der Waals surface area contributed by atoms with E-state index in [9.17, 15) is 14.7 Å². The second-order valence-electron chi connectivity index (χ2n) is 6.93. The van der Waals surface area contributed by atoms with Crippen LogP contribution in [0.1, 0.15) is 50.4 Å². The van der Waals surface area contributed by atoms with Crippen LogP contribution in [-0.2, 0) is 9.53 Å². The predicted octanol–water partition coefficient (Wildman–Crippen LogP) is 3.15. The SMILES string of the molecule is CC(C)[C@@H]1CC[C@@H](C)C[C@H]1OC(=O)CSc1ccccc1C(=O)[O-]. The maximum atomic E-state index is 12.2. The maximum absolute atomic E-state index is 12.2. The zero-order valence-corrected chi connectivity index (χ0v) is 15.3. The van der Waals surface area contributed by atoms with Crippen molar-refractivity contribution in [3.05, 3.63) is 29.8 Å². The highest BCUT2D eigenvalue weighted by Gasteiger charge is 2.33. The second-order valence-corrected chi connectivity index (χ2v) is 7.94. The lowest BCUT2D eigenvalue weighted by Crippen LogP contribution is -2.36. The summed E-state index contributed by atoms with van der Waals surface area (Å²) in [7, 11) is 0. The molecule has 24 heavy (non-hydrogen) atoms. The van der Waals surface area contributed by atoms with Crippen LogP contribution in [0.2, 0.25) is 0 Å². The molecule has 0 saturated heterocycles. The van der Waals surface area contributed by atoms with Crippen molar-refractivity contribution in [1.29, 1.82) is 0 Å². The maximum Gasteiger partial charge on any atom is 0.316 e. The Labute approximate surface area is 148 Å². The molecule has 0 N–H and O–H groups in total. The molecule has 0 heterocycles. The molecule has 1 aromatic carbocycles. The van der Waals surface area contributed by atoms with E-state index in [-0.39, 0.29) is 23.4 Å². The minimum Gasteiger partial charge on any atom is -0.545 e. The Bertz CT molecular complexity index is 584. The van der Waals surface area contributed by atoms with Crippen molar-refractivity contribution in [3.8, 4) is 0 Å². The summed E-state index contributed by atoms with van der Waals surface area (Å²) in [5.74, 6) is 0.0713. The summed E-state index contributed by atoms with van der Waals surface area (Å²) in [5.41, 5.74) is 0.113. The van der Waals surface area contributed by atoms with Crippen molar-refractivity contribution >= 4 is 23.7 Å². The summed E-state index contributed by atoms with van der Waals surface area (Å²) in [6, 6.07) is 6.56. The van der Waals surface area contributed by atoms with Gasteiger partial charge in [-0.15, -0.1) is 11.8 Å². The normalized spacial score (nSPS) is 23.9. The molecule has 3 atom stereocenters. The zero-order chi connectivity index (χ0) is 17.7. The zero-order valence-electron chi connectivity index (χ0n) is 14.5. The molecule has 1 saturated carbocycles. The first-order chi connectivity index (χ1) is 11.4. The summed E-state index contributed by atoms with van der Waals surface area (Å²) < 4.78 is 5.73.